The average molecular weight is 435 g/mol. The molecular formula is C24H19FN2OS2. The molecule has 1 heterocycles. The van der Waals surface area contributed by atoms with Crippen LogP contribution in [0, 0.1) is 5.82 Å². The maximum atomic E-state index is 12.9. The van der Waals surface area contributed by atoms with Crippen LogP contribution in [0.25, 0.3) is 11.3 Å². The molecule has 0 atom stereocenters. The summed E-state index contributed by atoms with van der Waals surface area (Å²) in [5, 5.41) is 5.34. The lowest BCUT2D eigenvalue weighted by Gasteiger charge is -2.04. The Kier molecular flexibility index (Phi) is 6.57. The number of benzene rings is 3. The van der Waals surface area contributed by atoms with E-state index in [-0.39, 0.29) is 17.5 Å². The molecule has 6 heteroatoms. The molecule has 4 aromatic rings. The maximum Gasteiger partial charge on any atom is 0.236 e. The quantitative estimate of drug-likeness (QED) is 0.349. The summed E-state index contributed by atoms with van der Waals surface area (Å²) in [6.07, 6.45) is 0.894. The van der Waals surface area contributed by atoms with Gasteiger partial charge in [-0.05, 0) is 41.8 Å². The van der Waals surface area contributed by atoms with Gasteiger partial charge < -0.3 is 5.32 Å². The molecular weight excluding hydrogens is 415 g/mol. The summed E-state index contributed by atoms with van der Waals surface area (Å²) in [5.74, 6) is -0.176. The molecule has 4 rings (SSSR count). The first-order valence-corrected chi connectivity index (χ1v) is 11.3. The molecule has 30 heavy (non-hydrogen) atoms. The third-order valence-electron chi connectivity index (χ3n) is 4.43. The van der Waals surface area contributed by atoms with E-state index in [0.29, 0.717) is 5.13 Å². The number of amides is 1. The predicted octanol–water partition coefficient (Wildman–Crippen LogP) is 6.27. The van der Waals surface area contributed by atoms with Crippen LogP contribution in [-0.2, 0) is 11.2 Å². The van der Waals surface area contributed by atoms with E-state index in [2.05, 4.69) is 46.7 Å². The van der Waals surface area contributed by atoms with E-state index in [1.807, 2.05) is 23.6 Å². The lowest BCUT2D eigenvalue weighted by Crippen LogP contribution is -2.13. The Morgan fingerprint density at radius 2 is 1.63 bits per heavy atom. The SMILES string of the molecule is O=C(CSc1ccc(F)cc1)Nc1nc(-c2ccc(Cc3ccccc3)cc2)cs1. The number of carbonyl (C=O) groups excluding carboxylic acids is 1. The number of rotatable bonds is 7. The molecule has 0 saturated heterocycles. The molecule has 150 valence electrons. The fourth-order valence-electron chi connectivity index (χ4n) is 2.92. The summed E-state index contributed by atoms with van der Waals surface area (Å²) in [4.78, 5) is 17.6. The minimum atomic E-state index is -0.285. The number of hydrogen-bond donors (Lipinski definition) is 1. The second-order valence-corrected chi connectivity index (χ2v) is 8.59. The number of thiazole rings is 1. The molecule has 0 spiro atoms. The Hall–Kier alpha value is -2.96. The molecule has 0 unspecified atom stereocenters. The van der Waals surface area contributed by atoms with E-state index < -0.39 is 0 Å². The van der Waals surface area contributed by atoms with Gasteiger partial charge >= 0.3 is 0 Å². The average Bonchev–Trinajstić information content (AvgIpc) is 3.23. The van der Waals surface area contributed by atoms with Gasteiger partial charge in [0.05, 0.1) is 11.4 Å². The highest BCUT2D eigenvalue weighted by molar-refractivity contribution is 8.00. The number of nitrogens with one attached hydrogen (secondary N) is 1. The first kappa shape index (κ1) is 20.3. The lowest BCUT2D eigenvalue weighted by atomic mass is 10.0. The second kappa shape index (κ2) is 9.69. The molecule has 3 nitrogen and oxygen atoms in total. The molecule has 0 bridgehead atoms. The molecule has 0 radical (unpaired) electrons. The zero-order valence-electron chi connectivity index (χ0n) is 16.0. The van der Waals surface area contributed by atoms with Crippen LogP contribution in [0.5, 0.6) is 0 Å². The molecule has 1 amide bonds. The van der Waals surface area contributed by atoms with Gasteiger partial charge in [0.2, 0.25) is 5.91 Å². The van der Waals surface area contributed by atoms with Gasteiger partial charge in [0.15, 0.2) is 5.13 Å². The van der Waals surface area contributed by atoms with Crippen LogP contribution in [0.4, 0.5) is 9.52 Å². The number of aromatic nitrogens is 1. The van der Waals surface area contributed by atoms with Crippen molar-refractivity contribution in [3.8, 4) is 11.3 Å². The van der Waals surface area contributed by atoms with Gasteiger partial charge in [-0.1, -0.05) is 54.6 Å². The van der Waals surface area contributed by atoms with Crippen molar-refractivity contribution in [1.82, 2.24) is 4.98 Å². The van der Waals surface area contributed by atoms with Crippen LogP contribution < -0.4 is 5.32 Å². The highest BCUT2D eigenvalue weighted by Crippen LogP contribution is 2.26. The standard InChI is InChI=1S/C24H19FN2OS2/c25-20-10-12-21(13-11-20)29-16-23(28)27-24-26-22(15-30-24)19-8-6-18(7-9-19)14-17-4-2-1-3-5-17/h1-13,15H,14,16H2,(H,26,27,28). The molecule has 0 saturated carbocycles. The van der Waals surface area contributed by atoms with Gasteiger partial charge in [-0.2, -0.15) is 0 Å². The van der Waals surface area contributed by atoms with Gasteiger partial charge in [0.25, 0.3) is 0 Å². The summed E-state index contributed by atoms with van der Waals surface area (Å²) >= 11 is 2.76. The van der Waals surface area contributed by atoms with Crippen molar-refractivity contribution < 1.29 is 9.18 Å². The topological polar surface area (TPSA) is 42.0 Å². The summed E-state index contributed by atoms with van der Waals surface area (Å²) in [6, 6.07) is 24.8. The normalized spacial score (nSPS) is 10.7. The van der Waals surface area contributed by atoms with Crippen LogP contribution in [-0.4, -0.2) is 16.6 Å². The number of halogens is 1. The number of hydrogen-bond acceptors (Lipinski definition) is 4. The van der Waals surface area contributed by atoms with Crippen LogP contribution in [0.3, 0.4) is 0 Å². The lowest BCUT2D eigenvalue weighted by molar-refractivity contribution is -0.113. The number of anilines is 1. The molecule has 0 aliphatic heterocycles. The summed E-state index contributed by atoms with van der Waals surface area (Å²) in [5.41, 5.74) is 4.38. The summed E-state index contributed by atoms with van der Waals surface area (Å²) in [7, 11) is 0. The number of carbonyl (C=O) groups is 1. The highest BCUT2D eigenvalue weighted by atomic mass is 32.2. The molecule has 0 aliphatic carbocycles. The van der Waals surface area contributed by atoms with E-state index in [0.717, 1.165) is 22.6 Å². The Labute approximate surface area is 183 Å². The van der Waals surface area contributed by atoms with Gasteiger partial charge in [-0.15, -0.1) is 23.1 Å². The molecule has 0 aliphatic rings. The zero-order chi connectivity index (χ0) is 20.8. The molecule has 1 aromatic heterocycles. The smallest absolute Gasteiger partial charge is 0.236 e. The summed E-state index contributed by atoms with van der Waals surface area (Å²) < 4.78 is 12.9. The third kappa shape index (κ3) is 5.55. The van der Waals surface area contributed by atoms with E-state index in [9.17, 15) is 9.18 Å². The summed E-state index contributed by atoms with van der Waals surface area (Å²) in [6.45, 7) is 0. The van der Waals surface area contributed by atoms with Gasteiger partial charge in [0.1, 0.15) is 5.82 Å². The van der Waals surface area contributed by atoms with Gasteiger partial charge in [-0.3, -0.25) is 4.79 Å². The van der Waals surface area contributed by atoms with Gasteiger partial charge in [-0.25, -0.2) is 9.37 Å². The Morgan fingerprint density at radius 3 is 2.37 bits per heavy atom. The van der Waals surface area contributed by atoms with Gasteiger partial charge in [0, 0.05) is 15.8 Å². The van der Waals surface area contributed by atoms with Crippen molar-refractivity contribution >= 4 is 34.1 Å². The van der Waals surface area contributed by atoms with Crippen molar-refractivity contribution in [2.45, 2.75) is 11.3 Å². The Morgan fingerprint density at radius 1 is 0.933 bits per heavy atom. The Balaban J connectivity index is 1.33. The van der Waals surface area contributed by atoms with Crippen LogP contribution in [0.1, 0.15) is 11.1 Å². The fourth-order valence-corrected chi connectivity index (χ4v) is 4.36. The minimum Gasteiger partial charge on any atom is -0.301 e. The van der Waals surface area contributed by atoms with Crippen LogP contribution >= 0.6 is 23.1 Å². The largest absolute Gasteiger partial charge is 0.301 e. The fraction of sp³-hybridized carbons (Fsp3) is 0.0833. The van der Waals surface area contributed by atoms with Crippen molar-refractivity contribution in [2.24, 2.45) is 0 Å². The van der Waals surface area contributed by atoms with E-state index >= 15 is 0 Å². The van der Waals surface area contributed by atoms with Crippen molar-refractivity contribution in [3.05, 3.63) is 101 Å². The van der Waals surface area contributed by atoms with E-state index in [1.165, 1.54) is 46.4 Å². The zero-order valence-corrected chi connectivity index (χ0v) is 17.7. The van der Waals surface area contributed by atoms with Crippen molar-refractivity contribution in [1.29, 1.82) is 0 Å². The van der Waals surface area contributed by atoms with Crippen molar-refractivity contribution in [3.63, 3.8) is 0 Å². The maximum absolute atomic E-state index is 12.9. The Bertz CT molecular complexity index is 1110. The third-order valence-corrected chi connectivity index (χ3v) is 6.20. The first-order chi connectivity index (χ1) is 14.7. The van der Waals surface area contributed by atoms with Crippen molar-refractivity contribution in [2.75, 3.05) is 11.1 Å². The number of nitrogens with zero attached hydrogens (tertiary/aromatic N) is 1. The second-order valence-electron chi connectivity index (χ2n) is 6.69. The minimum absolute atomic E-state index is 0.136. The predicted molar refractivity (Wildman–Crippen MR) is 123 cm³/mol. The van der Waals surface area contributed by atoms with E-state index in [4.69, 9.17) is 0 Å². The monoisotopic (exact) mass is 434 g/mol. The van der Waals surface area contributed by atoms with Crippen LogP contribution in [0.2, 0.25) is 0 Å². The first-order valence-electron chi connectivity index (χ1n) is 9.43. The molecule has 0 fully saturated rings. The molecule has 3 aromatic carbocycles. The highest BCUT2D eigenvalue weighted by Gasteiger charge is 2.09. The van der Waals surface area contributed by atoms with Crippen LogP contribution in [0.15, 0.2) is 89.1 Å². The molecule has 1 N–H and O–H groups in total. The van der Waals surface area contributed by atoms with E-state index in [1.54, 1.807) is 12.1 Å². The number of thioether (sulfide) groups is 1.